The Hall–Kier alpha value is -1.05. The van der Waals surface area contributed by atoms with Gasteiger partial charge in [0.05, 0.1) is 19.2 Å². The van der Waals surface area contributed by atoms with Crippen molar-refractivity contribution in [1.29, 1.82) is 0 Å². The third-order valence-corrected chi connectivity index (χ3v) is 5.69. The number of methoxy groups -OCH3 is 1. The van der Waals surface area contributed by atoms with E-state index in [0.717, 1.165) is 37.9 Å². The van der Waals surface area contributed by atoms with Crippen LogP contribution in [0.1, 0.15) is 57.8 Å². The molecule has 0 radical (unpaired) electrons. The molecule has 1 aromatic heterocycles. The largest absolute Gasteiger partial charge is 0.383 e. The highest BCUT2D eigenvalue weighted by Gasteiger charge is 2.32. The SMILES string of the molecule is COCCn1nnnc1[C@@H](CC(C)C)N1CCN(C2CCCC2)CC1. The molecule has 1 aliphatic carbocycles. The first-order chi connectivity index (χ1) is 12.2. The lowest BCUT2D eigenvalue weighted by atomic mass is 10.0. The van der Waals surface area contributed by atoms with Crippen molar-refractivity contribution in [2.45, 2.75) is 64.6 Å². The van der Waals surface area contributed by atoms with Gasteiger partial charge in [0.15, 0.2) is 5.82 Å². The minimum absolute atomic E-state index is 0.303. The average molecular weight is 351 g/mol. The molecular weight excluding hydrogens is 316 g/mol. The smallest absolute Gasteiger partial charge is 0.168 e. The molecular formula is C18H34N6O. The van der Waals surface area contributed by atoms with Gasteiger partial charge in [-0.2, -0.15) is 0 Å². The van der Waals surface area contributed by atoms with E-state index in [1.807, 2.05) is 4.68 Å². The molecule has 2 heterocycles. The van der Waals surface area contributed by atoms with Crippen LogP contribution in [0.5, 0.6) is 0 Å². The number of nitrogens with zero attached hydrogens (tertiary/aromatic N) is 6. The molecule has 1 saturated carbocycles. The fourth-order valence-electron chi connectivity index (χ4n) is 4.34. The molecule has 1 atom stereocenters. The number of hydrogen-bond acceptors (Lipinski definition) is 6. The Morgan fingerprint density at radius 1 is 1.12 bits per heavy atom. The van der Waals surface area contributed by atoms with Gasteiger partial charge in [-0.3, -0.25) is 9.80 Å². The Bertz CT molecular complexity index is 505. The topological polar surface area (TPSA) is 59.3 Å². The van der Waals surface area contributed by atoms with Crippen LogP contribution < -0.4 is 0 Å². The molecule has 7 heteroatoms. The van der Waals surface area contributed by atoms with Gasteiger partial charge in [0.25, 0.3) is 0 Å². The van der Waals surface area contributed by atoms with Crippen LogP contribution in [0.15, 0.2) is 0 Å². The Morgan fingerprint density at radius 3 is 2.48 bits per heavy atom. The molecule has 1 saturated heterocycles. The Balaban J connectivity index is 1.66. The van der Waals surface area contributed by atoms with E-state index in [1.165, 1.54) is 38.8 Å². The zero-order valence-electron chi connectivity index (χ0n) is 16.1. The zero-order chi connectivity index (χ0) is 17.6. The molecule has 3 rings (SSSR count). The third kappa shape index (κ3) is 4.77. The molecule has 142 valence electrons. The lowest BCUT2D eigenvalue weighted by molar-refractivity contribution is 0.0579. The van der Waals surface area contributed by atoms with Crippen molar-refractivity contribution < 1.29 is 4.74 Å². The molecule has 0 spiro atoms. The van der Waals surface area contributed by atoms with E-state index in [1.54, 1.807) is 7.11 Å². The lowest BCUT2D eigenvalue weighted by Crippen LogP contribution is -2.51. The van der Waals surface area contributed by atoms with Gasteiger partial charge < -0.3 is 4.74 Å². The van der Waals surface area contributed by atoms with Crippen LogP contribution in [-0.2, 0) is 11.3 Å². The Kier molecular flexibility index (Phi) is 6.78. The first-order valence-corrected chi connectivity index (χ1v) is 9.92. The molecule has 1 aliphatic heterocycles. The fraction of sp³-hybridized carbons (Fsp3) is 0.944. The van der Waals surface area contributed by atoms with Crippen LogP contribution in [0.3, 0.4) is 0 Å². The van der Waals surface area contributed by atoms with Gasteiger partial charge in [-0.05, 0) is 35.6 Å². The number of piperazine rings is 1. The number of tetrazole rings is 1. The highest BCUT2D eigenvalue weighted by Crippen LogP contribution is 2.29. The summed E-state index contributed by atoms with van der Waals surface area (Å²) in [5.74, 6) is 1.62. The van der Waals surface area contributed by atoms with Gasteiger partial charge in [-0.15, -0.1) is 5.10 Å². The quantitative estimate of drug-likeness (QED) is 0.714. The van der Waals surface area contributed by atoms with E-state index in [2.05, 4.69) is 39.2 Å². The van der Waals surface area contributed by atoms with Crippen molar-refractivity contribution in [3.8, 4) is 0 Å². The molecule has 1 aromatic rings. The van der Waals surface area contributed by atoms with Gasteiger partial charge in [-0.1, -0.05) is 26.7 Å². The summed E-state index contributed by atoms with van der Waals surface area (Å²) in [5.41, 5.74) is 0. The van der Waals surface area contributed by atoms with Crippen molar-refractivity contribution in [1.82, 2.24) is 30.0 Å². The molecule has 0 N–H and O–H groups in total. The second-order valence-corrected chi connectivity index (χ2v) is 7.91. The number of rotatable bonds is 8. The summed E-state index contributed by atoms with van der Waals surface area (Å²) < 4.78 is 7.14. The highest BCUT2D eigenvalue weighted by atomic mass is 16.5. The second kappa shape index (κ2) is 9.05. The molecule has 0 aromatic carbocycles. The maximum Gasteiger partial charge on any atom is 0.168 e. The summed E-state index contributed by atoms with van der Waals surface area (Å²) in [6.07, 6.45) is 6.70. The third-order valence-electron chi connectivity index (χ3n) is 5.69. The van der Waals surface area contributed by atoms with Crippen LogP contribution in [0, 0.1) is 5.92 Å². The molecule has 2 aliphatic rings. The van der Waals surface area contributed by atoms with Crippen molar-refractivity contribution in [3.63, 3.8) is 0 Å². The molecule has 0 unspecified atom stereocenters. The van der Waals surface area contributed by atoms with Gasteiger partial charge in [0.1, 0.15) is 0 Å². The number of aromatic nitrogens is 4. The zero-order valence-corrected chi connectivity index (χ0v) is 16.1. The first kappa shape index (κ1) is 18.7. The van der Waals surface area contributed by atoms with Crippen LogP contribution in [0.25, 0.3) is 0 Å². The van der Waals surface area contributed by atoms with Gasteiger partial charge in [-0.25, -0.2) is 4.68 Å². The van der Waals surface area contributed by atoms with Crippen molar-refractivity contribution >= 4 is 0 Å². The van der Waals surface area contributed by atoms with Gasteiger partial charge >= 0.3 is 0 Å². The number of hydrogen-bond donors (Lipinski definition) is 0. The maximum absolute atomic E-state index is 5.21. The van der Waals surface area contributed by atoms with Crippen molar-refractivity contribution in [2.75, 3.05) is 39.9 Å². The van der Waals surface area contributed by atoms with E-state index in [-0.39, 0.29) is 0 Å². The van der Waals surface area contributed by atoms with Crippen LogP contribution in [0.2, 0.25) is 0 Å². The molecule has 25 heavy (non-hydrogen) atoms. The lowest BCUT2D eigenvalue weighted by Gasteiger charge is -2.41. The monoisotopic (exact) mass is 350 g/mol. The summed E-state index contributed by atoms with van der Waals surface area (Å²) in [4.78, 5) is 5.31. The normalized spacial score (nSPS) is 22.1. The van der Waals surface area contributed by atoms with Crippen LogP contribution in [0.4, 0.5) is 0 Å². The van der Waals surface area contributed by atoms with E-state index in [0.29, 0.717) is 18.6 Å². The summed E-state index contributed by atoms with van der Waals surface area (Å²) in [5, 5.41) is 12.5. The average Bonchev–Trinajstić information content (AvgIpc) is 3.29. The van der Waals surface area contributed by atoms with E-state index < -0.39 is 0 Å². The predicted octanol–water partition coefficient (Wildman–Crippen LogP) is 1.97. The number of ether oxygens (including phenoxy) is 1. The van der Waals surface area contributed by atoms with E-state index in [4.69, 9.17) is 4.74 Å². The van der Waals surface area contributed by atoms with Gasteiger partial charge in [0.2, 0.25) is 0 Å². The summed E-state index contributed by atoms with van der Waals surface area (Å²) in [6.45, 7) is 10.5. The molecule has 2 fully saturated rings. The summed E-state index contributed by atoms with van der Waals surface area (Å²) in [7, 11) is 1.72. The van der Waals surface area contributed by atoms with E-state index in [9.17, 15) is 0 Å². The van der Waals surface area contributed by atoms with Gasteiger partial charge in [0, 0.05) is 39.3 Å². The standard InChI is InChI=1S/C18H34N6O/c1-15(2)14-17(18-19-20-21-24(18)12-13-25-3)23-10-8-22(9-11-23)16-6-4-5-7-16/h15-17H,4-14H2,1-3H3/t17-/m1/s1. The fourth-order valence-corrected chi connectivity index (χ4v) is 4.34. The minimum Gasteiger partial charge on any atom is -0.383 e. The molecule has 0 amide bonds. The van der Waals surface area contributed by atoms with Crippen molar-refractivity contribution in [3.05, 3.63) is 5.82 Å². The molecule has 0 bridgehead atoms. The molecule has 7 nitrogen and oxygen atoms in total. The van der Waals surface area contributed by atoms with E-state index >= 15 is 0 Å². The van der Waals surface area contributed by atoms with Crippen LogP contribution in [-0.4, -0.2) is 75.9 Å². The minimum atomic E-state index is 0.303. The summed E-state index contributed by atoms with van der Waals surface area (Å²) in [6, 6.07) is 1.13. The van der Waals surface area contributed by atoms with Crippen LogP contribution >= 0.6 is 0 Å². The predicted molar refractivity (Wildman–Crippen MR) is 97.3 cm³/mol. The Labute approximate surface area is 151 Å². The highest BCUT2D eigenvalue weighted by molar-refractivity contribution is 4.96. The second-order valence-electron chi connectivity index (χ2n) is 7.91. The first-order valence-electron chi connectivity index (χ1n) is 9.92. The van der Waals surface area contributed by atoms with Crippen molar-refractivity contribution in [2.24, 2.45) is 5.92 Å². The summed E-state index contributed by atoms with van der Waals surface area (Å²) >= 11 is 0. The Morgan fingerprint density at radius 2 is 1.84 bits per heavy atom. The maximum atomic E-state index is 5.21.